The van der Waals surface area contributed by atoms with Crippen molar-refractivity contribution in [2.75, 3.05) is 0 Å². The monoisotopic (exact) mass is 737 g/mol. The number of hydrogen-bond acceptors (Lipinski definition) is 3. The van der Waals surface area contributed by atoms with Crippen LogP contribution in [0.1, 0.15) is 0 Å². The lowest BCUT2D eigenvalue weighted by Gasteiger charge is -2.20. The van der Waals surface area contributed by atoms with Gasteiger partial charge in [-0.05, 0) is 82.5 Å². The molecule has 0 atom stereocenters. The Morgan fingerprint density at radius 2 is 0.724 bits per heavy atom. The van der Waals surface area contributed by atoms with E-state index in [9.17, 15) is 0 Å². The predicted octanol–water partition coefficient (Wildman–Crippen LogP) is 14.5. The summed E-state index contributed by atoms with van der Waals surface area (Å²) < 4.78 is 0. The van der Waals surface area contributed by atoms with E-state index >= 15 is 0 Å². The van der Waals surface area contributed by atoms with Crippen LogP contribution in [-0.4, -0.2) is 15.0 Å². The molecule has 58 heavy (non-hydrogen) atoms. The van der Waals surface area contributed by atoms with Crippen molar-refractivity contribution in [1.82, 2.24) is 15.0 Å². The molecule has 0 amide bonds. The van der Waals surface area contributed by atoms with Crippen LogP contribution in [0.3, 0.4) is 0 Å². The number of rotatable bonds is 6. The van der Waals surface area contributed by atoms with E-state index < -0.39 is 0 Å². The summed E-state index contributed by atoms with van der Waals surface area (Å²) in [4.78, 5) is 15.3. The van der Waals surface area contributed by atoms with Crippen LogP contribution in [0.5, 0.6) is 0 Å². The van der Waals surface area contributed by atoms with Gasteiger partial charge in [0.15, 0.2) is 17.5 Å². The largest absolute Gasteiger partial charge is 0.208 e. The first-order chi connectivity index (χ1) is 28.8. The van der Waals surface area contributed by atoms with Crippen LogP contribution < -0.4 is 0 Å². The van der Waals surface area contributed by atoms with Crippen LogP contribution in [0.2, 0.25) is 0 Å². The van der Waals surface area contributed by atoms with Crippen molar-refractivity contribution in [3.63, 3.8) is 0 Å². The fourth-order valence-electron chi connectivity index (χ4n) is 8.58. The number of fused-ring (bicyclic) bond motifs is 5. The lowest BCUT2D eigenvalue weighted by atomic mass is 9.83. The maximum absolute atomic E-state index is 5.17. The average molecular weight is 738 g/mol. The molecule has 1 aromatic heterocycles. The van der Waals surface area contributed by atoms with Crippen molar-refractivity contribution in [3.05, 3.63) is 212 Å². The molecule has 0 saturated carbocycles. The number of nitrogens with zero attached hydrogens (tertiary/aromatic N) is 3. The first kappa shape index (κ1) is 33.6. The molecule has 0 fully saturated rings. The third-order valence-corrected chi connectivity index (χ3v) is 11.3. The Morgan fingerprint density at radius 3 is 1.45 bits per heavy atom. The van der Waals surface area contributed by atoms with Gasteiger partial charge in [-0.1, -0.05) is 206 Å². The van der Waals surface area contributed by atoms with Gasteiger partial charge in [0, 0.05) is 16.7 Å². The van der Waals surface area contributed by atoms with Gasteiger partial charge in [0.05, 0.1) is 0 Å². The van der Waals surface area contributed by atoms with E-state index in [2.05, 4.69) is 182 Å². The van der Waals surface area contributed by atoms with Crippen LogP contribution in [0.15, 0.2) is 212 Å². The standard InChI is InChI=1S/C55H35N3/c1-3-16-37(17-4-1)44-22-11-14-26-48(44)55-57-53(40-19-5-2-6-20-40)56-54(58-55)41-30-28-39(29-31-41)51-47-25-13-12-24-46(47)50(43-32-27-36-15-7-8-21-42(36)35-43)49-34-33-38-18-9-10-23-45(38)52(49)51/h1-35H. The number of benzene rings is 10. The Balaban J connectivity index is 1.11. The first-order valence-electron chi connectivity index (χ1n) is 19.7. The molecule has 0 N–H and O–H groups in total. The van der Waals surface area contributed by atoms with E-state index in [4.69, 9.17) is 15.0 Å². The van der Waals surface area contributed by atoms with E-state index in [0.717, 1.165) is 33.4 Å². The Morgan fingerprint density at radius 1 is 0.241 bits per heavy atom. The van der Waals surface area contributed by atoms with E-state index in [1.165, 1.54) is 59.8 Å². The SMILES string of the molecule is c1ccc(-c2nc(-c3ccc(-c4c5ccccc5c(-c5ccc6ccccc6c5)c5ccc6ccccc6c45)cc3)nc(-c3ccccc3-c3ccccc3)n2)cc1. The third kappa shape index (κ3) is 5.80. The van der Waals surface area contributed by atoms with Crippen LogP contribution in [-0.2, 0) is 0 Å². The zero-order chi connectivity index (χ0) is 38.4. The predicted molar refractivity (Wildman–Crippen MR) is 242 cm³/mol. The first-order valence-corrected chi connectivity index (χ1v) is 19.7. The van der Waals surface area contributed by atoms with Crippen molar-refractivity contribution in [2.45, 2.75) is 0 Å². The van der Waals surface area contributed by atoms with Crippen molar-refractivity contribution in [2.24, 2.45) is 0 Å². The normalized spacial score (nSPS) is 11.4. The maximum Gasteiger partial charge on any atom is 0.164 e. The Kier molecular flexibility index (Phi) is 8.15. The van der Waals surface area contributed by atoms with Gasteiger partial charge in [-0.2, -0.15) is 0 Å². The third-order valence-electron chi connectivity index (χ3n) is 11.3. The molecule has 11 rings (SSSR count). The van der Waals surface area contributed by atoms with Crippen molar-refractivity contribution >= 4 is 43.1 Å². The summed E-state index contributed by atoms with van der Waals surface area (Å²) in [5, 5.41) is 9.85. The Hall–Kier alpha value is -7.75. The molecule has 3 heteroatoms. The molecule has 0 aliphatic carbocycles. The molecule has 1 heterocycles. The second kappa shape index (κ2) is 14.1. The van der Waals surface area contributed by atoms with Gasteiger partial charge < -0.3 is 0 Å². The van der Waals surface area contributed by atoms with E-state index in [1.54, 1.807) is 0 Å². The molecule has 10 aromatic carbocycles. The zero-order valence-corrected chi connectivity index (χ0v) is 31.5. The summed E-state index contributed by atoms with van der Waals surface area (Å²) in [5.74, 6) is 1.91. The summed E-state index contributed by atoms with van der Waals surface area (Å²) >= 11 is 0. The molecule has 11 aromatic rings. The highest BCUT2D eigenvalue weighted by Gasteiger charge is 2.20. The van der Waals surface area contributed by atoms with Gasteiger partial charge in [-0.25, -0.2) is 15.0 Å². The van der Waals surface area contributed by atoms with Gasteiger partial charge >= 0.3 is 0 Å². The van der Waals surface area contributed by atoms with Crippen LogP contribution in [0.4, 0.5) is 0 Å². The van der Waals surface area contributed by atoms with Gasteiger partial charge in [-0.3, -0.25) is 0 Å². The minimum atomic E-state index is 0.630. The summed E-state index contributed by atoms with van der Waals surface area (Å²) in [7, 11) is 0. The molecule has 0 radical (unpaired) electrons. The van der Waals surface area contributed by atoms with Crippen molar-refractivity contribution in [3.8, 4) is 67.5 Å². The second-order valence-corrected chi connectivity index (χ2v) is 14.7. The highest BCUT2D eigenvalue weighted by Crippen LogP contribution is 2.47. The quantitative estimate of drug-likeness (QED) is 0.126. The second-order valence-electron chi connectivity index (χ2n) is 14.7. The summed E-state index contributed by atoms with van der Waals surface area (Å²) in [6.07, 6.45) is 0. The summed E-state index contributed by atoms with van der Waals surface area (Å²) in [6.45, 7) is 0. The van der Waals surface area contributed by atoms with Crippen LogP contribution in [0, 0.1) is 0 Å². The fourth-order valence-corrected chi connectivity index (χ4v) is 8.58. The van der Waals surface area contributed by atoms with Crippen LogP contribution in [0.25, 0.3) is 111 Å². The molecule has 270 valence electrons. The van der Waals surface area contributed by atoms with Gasteiger partial charge in [0.25, 0.3) is 0 Å². The topological polar surface area (TPSA) is 38.7 Å². The van der Waals surface area contributed by atoms with E-state index in [-0.39, 0.29) is 0 Å². The van der Waals surface area contributed by atoms with Gasteiger partial charge in [0.1, 0.15) is 0 Å². The summed E-state index contributed by atoms with van der Waals surface area (Å²) in [6, 6.07) is 75.4. The smallest absolute Gasteiger partial charge is 0.164 e. The molecule has 0 spiro atoms. The molecular formula is C55H35N3. The molecule has 0 bridgehead atoms. The minimum Gasteiger partial charge on any atom is -0.208 e. The Labute approximate surface area is 336 Å². The summed E-state index contributed by atoms with van der Waals surface area (Å²) in [5.41, 5.74) is 9.84. The molecule has 3 nitrogen and oxygen atoms in total. The zero-order valence-electron chi connectivity index (χ0n) is 31.5. The lowest BCUT2D eigenvalue weighted by molar-refractivity contribution is 1.07. The van der Waals surface area contributed by atoms with E-state index in [1.807, 2.05) is 30.3 Å². The van der Waals surface area contributed by atoms with Gasteiger partial charge in [-0.15, -0.1) is 0 Å². The molecule has 0 aliphatic heterocycles. The molecular weight excluding hydrogens is 703 g/mol. The fraction of sp³-hybridized carbons (Fsp3) is 0. The van der Waals surface area contributed by atoms with E-state index in [0.29, 0.717) is 17.5 Å². The van der Waals surface area contributed by atoms with Crippen LogP contribution >= 0.6 is 0 Å². The highest BCUT2D eigenvalue weighted by molar-refractivity contribution is 6.28. The Bertz CT molecular complexity index is 3320. The van der Waals surface area contributed by atoms with Gasteiger partial charge in [0.2, 0.25) is 0 Å². The van der Waals surface area contributed by atoms with Crippen molar-refractivity contribution in [1.29, 1.82) is 0 Å². The molecule has 0 saturated heterocycles. The number of aromatic nitrogens is 3. The lowest BCUT2D eigenvalue weighted by Crippen LogP contribution is -2.01. The number of hydrogen-bond donors (Lipinski definition) is 0. The average Bonchev–Trinajstić information content (AvgIpc) is 3.31. The minimum absolute atomic E-state index is 0.630. The van der Waals surface area contributed by atoms with Crippen molar-refractivity contribution < 1.29 is 0 Å². The molecule has 0 aliphatic rings. The highest BCUT2D eigenvalue weighted by atomic mass is 15.0. The maximum atomic E-state index is 5.17. The molecule has 0 unspecified atom stereocenters.